The SMILES string of the molecule is CC(=O)O[C@@H]1CC[C@]2(C)[C@H](C1)[C@H](OC(C)=O)C[C@@H]1[C@@H]3CC[C@H]([C@H](C)/C=C/[C@H](C)C(C)C)[C@@]3(C)CC[C@@H]12. The minimum atomic E-state index is -0.197. The van der Waals surface area contributed by atoms with Crippen molar-refractivity contribution in [3.05, 3.63) is 12.2 Å². The predicted molar refractivity (Wildman–Crippen MR) is 144 cm³/mol. The van der Waals surface area contributed by atoms with Crippen molar-refractivity contribution in [3.63, 3.8) is 0 Å². The lowest BCUT2D eigenvalue weighted by atomic mass is 9.43. The number of esters is 2. The van der Waals surface area contributed by atoms with Crippen LogP contribution in [0.25, 0.3) is 0 Å². The van der Waals surface area contributed by atoms with Crippen LogP contribution in [0.4, 0.5) is 0 Å². The van der Waals surface area contributed by atoms with Gasteiger partial charge in [-0.1, -0.05) is 53.7 Å². The van der Waals surface area contributed by atoms with Crippen molar-refractivity contribution in [2.45, 2.75) is 119 Å². The lowest BCUT2D eigenvalue weighted by Crippen LogP contribution is -2.59. The van der Waals surface area contributed by atoms with Gasteiger partial charge in [0, 0.05) is 19.8 Å². The average molecular weight is 501 g/mol. The van der Waals surface area contributed by atoms with Crippen LogP contribution in [-0.4, -0.2) is 24.1 Å². The van der Waals surface area contributed by atoms with Crippen molar-refractivity contribution in [3.8, 4) is 0 Å². The van der Waals surface area contributed by atoms with Crippen LogP contribution in [0.5, 0.6) is 0 Å². The van der Waals surface area contributed by atoms with Gasteiger partial charge >= 0.3 is 11.9 Å². The first-order chi connectivity index (χ1) is 16.9. The van der Waals surface area contributed by atoms with E-state index in [0.717, 1.165) is 31.6 Å². The molecule has 4 saturated carbocycles. The number of fused-ring (bicyclic) bond motifs is 5. The molecule has 0 aromatic rings. The van der Waals surface area contributed by atoms with Crippen LogP contribution in [0, 0.1) is 58.2 Å². The van der Waals surface area contributed by atoms with Gasteiger partial charge in [0.25, 0.3) is 0 Å². The average Bonchev–Trinajstić information content (AvgIpc) is 3.14. The lowest BCUT2D eigenvalue weighted by Gasteiger charge is -2.62. The van der Waals surface area contributed by atoms with Crippen molar-refractivity contribution >= 4 is 11.9 Å². The van der Waals surface area contributed by atoms with Crippen LogP contribution < -0.4 is 0 Å². The minimum absolute atomic E-state index is 0.0410. The Bertz CT molecular complexity index is 847. The highest BCUT2D eigenvalue weighted by Crippen LogP contribution is 2.68. The molecular formula is C32H52O4. The van der Waals surface area contributed by atoms with E-state index in [0.29, 0.717) is 40.9 Å². The molecule has 4 rings (SSSR count). The van der Waals surface area contributed by atoms with E-state index in [2.05, 4.69) is 53.7 Å². The second kappa shape index (κ2) is 10.4. The standard InChI is InChI=1S/C32H52O4/c1-19(2)20(3)9-10-21(4)26-11-12-27-25-18-30(36-23(6)34)29-17-24(35-22(5)33)13-15-32(29,8)28(25)14-16-31(26,27)7/h9-10,19-21,24-30H,11-18H2,1-8H3/b10-9+/t20-,21+,24+,25+,26+,27-,28-,29+,30+,31+,32-/m0/s1. The van der Waals surface area contributed by atoms with Crippen LogP contribution in [0.1, 0.15) is 107 Å². The quantitative estimate of drug-likeness (QED) is 0.278. The number of hydrogen-bond donors (Lipinski definition) is 0. The number of rotatable bonds is 6. The fourth-order valence-corrected chi connectivity index (χ4v) is 9.53. The summed E-state index contributed by atoms with van der Waals surface area (Å²) in [6.45, 7) is 17.5. The fourth-order valence-electron chi connectivity index (χ4n) is 9.53. The van der Waals surface area contributed by atoms with E-state index >= 15 is 0 Å². The maximum absolute atomic E-state index is 12.2. The Morgan fingerprint density at radius 2 is 1.42 bits per heavy atom. The first-order valence-electron chi connectivity index (χ1n) is 14.9. The maximum atomic E-state index is 12.2. The van der Waals surface area contributed by atoms with E-state index in [1.807, 2.05) is 0 Å². The summed E-state index contributed by atoms with van der Waals surface area (Å²) in [5, 5.41) is 0. The molecule has 4 heteroatoms. The van der Waals surface area contributed by atoms with E-state index < -0.39 is 0 Å². The van der Waals surface area contributed by atoms with Crippen molar-refractivity contribution in [1.29, 1.82) is 0 Å². The van der Waals surface area contributed by atoms with Gasteiger partial charge in [0.05, 0.1) is 0 Å². The molecule has 0 spiro atoms. The summed E-state index contributed by atoms with van der Waals surface area (Å²) in [6.07, 6.45) is 13.9. The molecule has 11 atom stereocenters. The van der Waals surface area contributed by atoms with E-state index in [9.17, 15) is 9.59 Å². The molecule has 0 heterocycles. The molecule has 4 aliphatic rings. The number of ether oxygens (including phenoxy) is 2. The Labute approximate surface area is 220 Å². The highest BCUT2D eigenvalue weighted by atomic mass is 16.5. The van der Waals surface area contributed by atoms with Gasteiger partial charge in [-0.05, 0) is 104 Å². The third kappa shape index (κ3) is 5.04. The zero-order valence-electron chi connectivity index (χ0n) is 24.2. The van der Waals surface area contributed by atoms with Crippen molar-refractivity contribution in [2.24, 2.45) is 58.2 Å². The molecule has 0 radical (unpaired) electrons. The topological polar surface area (TPSA) is 52.6 Å². The lowest BCUT2D eigenvalue weighted by molar-refractivity contribution is -0.196. The van der Waals surface area contributed by atoms with Gasteiger partial charge in [-0.2, -0.15) is 0 Å². The van der Waals surface area contributed by atoms with Gasteiger partial charge < -0.3 is 9.47 Å². The summed E-state index contributed by atoms with van der Waals surface area (Å²) in [5.74, 6) is 4.56. The second-order valence-corrected chi connectivity index (χ2v) is 14.0. The number of allylic oxidation sites excluding steroid dienone is 2. The number of carbonyl (C=O) groups is 2. The largest absolute Gasteiger partial charge is 0.463 e. The molecule has 0 aromatic heterocycles. The Morgan fingerprint density at radius 1 is 0.778 bits per heavy atom. The molecular weight excluding hydrogens is 448 g/mol. The Hall–Kier alpha value is -1.32. The van der Waals surface area contributed by atoms with E-state index in [-0.39, 0.29) is 35.5 Å². The predicted octanol–water partition coefficient (Wildman–Crippen LogP) is 7.60. The van der Waals surface area contributed by atoms with E-state index in [1.165, 1.54) is 32.6 Å². The molecule has 0 aromatic carbocycles. The number of carbonyl (C=O) groups excluding carboxylic acids is 2. The zero-order chi connectivity index (χ0) is 26.4. The maximum Gasteiger partial charge on any atom is 0.302 e. The Kier molecular flexibility index (Phi) is 8.04. The molecule has 36 heavy (non-hydrogen) atoms. The molecule has 0 saturated heterocycles. The highest BCUT2D eigenvalue weighted by molar-refractivity contribution is 5.66. The monoisotopic (exact) mass is 500 g/mol. The molecule has 0 amide bonds. The van der Waals surface area contributed by atoms with Crippen LogP contribution in [0.3, 0.4) is 0 Å². The first kappa shape index (κ1) is 27.7. The molecule has 4 aliphatic carbocycles. The summed E-state index contributed by atoms with van der Waals surface area (Å²) in [6, 6.07) is 0. The molecule has 0 N–H and O–H groups in total. The minimum Gasteiger partial charge on any atom is -0.463 e. The zero-order valence-corrected chi connectivity index (χ0v) is 24.2. The van der Waals surface area contributed by atoms with Crippen LogP contribution >= 0.6 is 0 Å². The van der Waals surface area contributed by atoms with Crippen molar-refractivity contribution in [2.75, 3.05) is 0 Å². The third-order valence-electron chi connectivity index (χ3n) is 11.7. The molecule has 4 nitrogen and oxygen atoms in total. The van der Waals surface area contributed by atoms with E-state index in [1.54, 1.807) is 6.92 Å². The second-order valence-electron chi connectivity index (χ2n) is 14.0. The highest BCUT2D eigenvalue weighted by Gasteiger charge is 2.63. The van der Waals surface area contributed by atoms with Gasteiger partial charge in [0.1, 0.15) is 12.2 Å². The smallest absolute Gasteiger partial charge is 0.302 e. The van der Waals surface area contributed by atoms with Crippen LogP contribution in [-0.2, 0) is 19.1 Å². The van der Waals surface area contributed by atoms with Gasteiger partial charge in [-0.15, -0.1) is 0 Å². The molecule has 0 bridgehead atoms. The molecule has 204 valence electrons. The number of hydrogen-bond acceptors (Lipinski definition) is 4. The molecule has 0 unspecified atom stereocenters. The third-order valence-corrected chi connectivity index (χ3v) is 11.7. The van der Waals surface area contributed by atoms with Crippen molar-refractivity contribution < 1.29 is 19.1 Å². The van der Waals surface area contributed by atoms with Gasteiger partial charge in [-0.3, -0.25) is 9.59 Å². The van der Waals surface area contributed by atoms with Crippen molar-refractivity contribution in [1.82, 2.24) is 0 Å². The van der Waals surface area contributed by atoms with Gasteiger partial charge in [-0.25, -0.2) is 0 Å². The summed E-state index contributed by atoms with van der Waals surface area (Å²) >= 11 is 0. The van der Waals surface area contributed by atoms with Crippen LogP contribution in [0.2, 0.25) is 0 Å². The van der Waals surface area contributed by atoms with Gasteiger partial charge in [0.15, 0.2) is 0 Å². The summed E-state index contributed by atoms with van der Waals surface area (Å²) in [5.41, 5.74) is 0.516. The Balaban J connectivity index is 1.57. The first-order valence-corrected chi connectivity index (χ1v) is 14.9. The fraction of sp³-hybridized carbons (Fsp3) is 0.875. The van der Waals surface area contributed by atoms with E-state index in [4.69, 9.17) is 9.47 Å². The summed E-state index contributed by atoms with van der Waals surface area (Å²) in [7, 11) is 0. The summed E-state index contributed by atoms with van der Waals surface area (Å²) < 4.78 is 11.7. The van der Waals surface area contributed by atoms with Crippen LogP contribution in [0.15, 0.2) is 12.2 Å². The normalized spacial score (nSPS) is 43.9. The van der Waals surface area contributed by atoms with Gasteiger partial charge in [0.2, 0.25) is 0 Å². The summed E-state index contributed by atoms with van der Waals surface area (Å²) in [4.78, 5) is 23.9. The Morgan fingerprint density at radius 3 is 2.06 bits per heavy atom. The molecule has 0 aliphatic heterocycles. The molecule has 4 fully saturated rings.